The second kappa shape index (κ2) is 7.85. The molecule has 3 N–H and O–H groups in total. The maximum atomic E-state index is 5.74. The number of hydrazine groups is 1. The monoisotopic (exact) mass is 262 g/mol. The van der Waals surface area contributed by atoms with Crippen LogP contribution < -0.4 is 11.3 Å². The van der Waals surface area contributed by atoms with Crippen LogP contribution in [0.15, 0.2) is 0 Å². The van der Waals surface area contributed by atoms with Gasteiger partial charge in [-0.15, -0.1) is 0 Å². The van der Waals surface area contributed by atoms with Crippen LogP contribution in [-0.2, 0) is 0 Å². The van der Waals surface area contributed by atoms with Gasteiger partial charge in [-0.1, -0.05) is 33.6 Å². The van der Waals surface area contributed by atoms with Crippen molar-refractivity contribution in [3.05, 3.63) is 0 Å². The van der Waals surface area contributed by atoms with E-state index in [9.17, 15) is 0 Å². The number of thioether (sulfide) groups is 2. The Kier molecular flexibility index (Phi) is 7.20. The van der Waals surface area contributed by atoms with Crippen LogP contribution in [0.5, 0.6) is 0 Å². The van der Waals surface area contributed by atoms with Crippen LogP contribution in [0.2, 0.25) is 0 Å². The first-order valence-electron chi connectivity index (χ1n) is 6.38. The molecule has 1 aliphatic rings. The second-order valence-electron chi connectivity index (χ2n) is 4.81. The Labute approximate surface area is 109 Å². The van der Waals surface area contributed by atoms with Gasteiger partial charge in [0.1, 0.15) is 0 Å². The van der Waals surface area contributed by atoms with Crippen molar-refractivity contribution in [1.82, 2.24) is 5.43 Å². The van der Waals surface area contributed by atoms with Crippen molar-refractivity contribution in [2.75, 3.05) is 11.5 Å². The fourth-order valence-corrected chi connectivity index (χ4v) is 5.39. The molecule has 1 heterocycles. The first-order chi connectivity index (χ1) is 7.69. The van der Waals surface area contributed by atoms with Crippen molar-refractivity contribution < 1.29 is 0 Å². The Morgan fingerprint density at radius 2 is 2.06 bits per heavy atom. The Balaban J connectivity index is 2.45. The topological polar surface area (TPSA) is 38.0 Å². The Bertz CT molecular complexity index is 190. The molecule has 0 amide bonds. The highest BCUT2D eigenvalue weighted by atomic mass is 32.2. The number of hydrogen-bond acceptors (Lipinski definition) is 4. The standard InChI is InChI=1S/C12H26N2S2/c1-4-5-9(2)8-11(14-13)12-10(3)15-6-7-16-12/h9-12,14H,4-8,13H2,1-3H3. The van der Waals surface area contributed by atoms with Gasteiger partial charge in [0, 0.05) is 28.0 Å². The summed E-state index contributed by atoms with van der Waals surface area (Å²) in [5.74, 6) is 9.09. The lowest BCUT2D eigenvalue weighted by Gasteiger charge is -2.35. The molecule has 0 radical (unpaired) electrons. The Morgan fingerprint density at radius 3 is 2.62 bits per heavy atom. The van der Waals surface area contributed by atoms with Crippen molar-refractivity contribution in [2.45, 2.75) is 56.6 Å². The van der Waals surface area contributed by atoms with E-state index >= 15 is 0 Å². The van der Waals surface area contributed by atoms with Crippen LogP contribution in [0, 0.1) is 5.92 Å². The predicted molar refractivity (Wildman–Crippen MR) is 78.0 cm³/mol. The van der Waals surface area contributed by atoms with Gasteiger partial charge < -0.3 is 0 Å². The number of hydrogen-bond donors (Lipinski definition) is 2. The fraction of sp³-hybridized carbons (Fsp3) is 1.00. The van der Waals surface area contributed by atoms with Crippen LogP contribution in [-0.4, -0.2) is 28.0 Å². The molecule has 1 saturated heterocycles. The van der Waals surface area contributed by atoms with Gasteiger partial charge in [0.15, 0.2) is 0 Å². The van der Waals surface area contributed by atoms with Crippen LogP contribution in [0.3, 0.4) is 0 Å². The van der Waals surface area contributed by atoms with E-state index in [1.807, 2.05) is 0 Å². The molecule has 16 heavy (non-hydrogen) atoms. The average Bonchev–Trinajstić information content (AvgIpc) is 2.27. The van der Waals surface area contributed by atoms with Crippen LogP contribution in [0.25, 0.3) is 0 Å². The summed E-state index contributed by atoms with van der Waals surface area (Å²) in [4.78, 5) is 0. The van der Waals surface area contributed by atoms with Crippen molar-refractivity contribution in [3.8, 4) is 0 Å². The van der Waals surface area contributed by atoms with E-state index in [0.717, 1.165) is 11.2 Å². The zero-order chi connectivity index (χ0) is 12.0. The molecule has 0 spiro atoms. The number of nitrogens with one attached hydrogen (secondary N) is 1. The lowest BCUT2D eigenvalue weighted by atomic mass is 9.95. The van der Waals surface area contributed by atoms with Gasteiger partial charge in [-0.3, -0.25) is 11.3 Å². The van der Waals surface area contributed by atoms with Crippen molar-refractivity contribution in [1.29, 1.82) is 0 Å². The molecule has 4 atom stereocenters. The highest BCUT2D eigenvalue weighted by Crippen LogP contribution is 2.34. The molecule has 4 heteroatoms. The average molecular weight is 262 g/mol. The third-order valence-electron chi connectivity index (χ3n) is 3.29. The summed E-state index contributed by atoms with van der Waals surface area (Å²) < 4.78 is 0. The molecule has 1 aliphatic heterocycles. The summed E-state index contributed by atoms with van der Waals surface area (Å²) in [5.41, 5.74) is 3.06. The van der Waals surface area contributed by atoms with Gasteiger partial charge >= 0.3 is 0 Å². The molecule has 96 valence electrons. The minimum absolute atomic E-state index is 0.481. The van der Waals surface area contributed by atoms with E-state index in [1.54, 1.807) is 0 Å². The van der Waals surface area contributed by atoms with Crippen LogP contribution >= 0.6 is 23.5 Å². The zero-order valence-corrected chi connectivity index (χ0v) is 12.4. The van der Waals surface area contributed by atoms with Gasteiger partial charge in [0.2, 0.25) is 0 Å². The Morgan fingerprint density at radius 1 is 1.38 bits per heavy atom. The summed E-state index contributed by atoms with van der Waals surface area (Å²) >= 11 is 4.19. The molecule has 0 bridgehead atoms. The second-order valence-corrected chi connectivity index (χ2v) is 7.59. The van der Waals surface area contributed by atoms with Crippen molar-refractivity contribution >= 4 is 23.5 Å². The minimum atomic E-state index is 0.481. The molecule has 0 aliphatic carbocycles. The molecule has 2 nitrogen and oxygen atoms in total. The molecule has 1 fully saturated rings. The Hall–Kier alpha value is 0.620. The van der Waals surface area contributed by atoms with E-state index in [4.69, 9.17) is 5.84 Å². The maximum absolute atomic E-state index is 5.74. The third kappa shape index (κ3) is 4.47. The van der Waals surface area contributed by atoms with Crippen molar-refractivity contribution in [2.24, 2.45) is 11.8 Å². The zero-order valence-electron chi connectivity index (χ0n) is 10.7. The molecule has 0 saturated carbocycles. The predicted octanol–water partition coefficient (Wildman–Crippen LogP) is 2.88. The number of rotatable bonds is 6. The summed E-state index contributed by atoms with van der Waals surface area (Å²) in [6, 6.07) is 0.481. The van der Waals surface area contributed by atoms with Gasteiger partial charge in [-0.2, -0.15) is 23.5 Å². The normalized spacial score (nSPS) is 30.0. The van der Waals surface area contributed by atoms with E-state index in [-0.39, 0.29) is 0 Å². The molecule has 0 aromatic heterocycles. The van der Waals surface area contributed by atoms with Crippen LogP contribution in [0.1, 0.15) is 40.0 Å². The van der Waals surface area contributed by atoms with Crippen molar-refractivity contribution in [3.63, 3.8) is 0 Å². The van der Waals surface area contributed by atoms with Gasteiger partial charge in [-0.25, -0.2) is 0 Å². The summed E-state index contributed by atoms with van der Waals surface area (Å²) in [6.45, 7) is 6.95. The minimum Gasteiger partial charge on any atom is -0.271 e. The summed E-state index contributed by atoms with van der Waals surface area (Å²) in [5, 5.41) is 1.41. The van der Waals surface area contributed by atoms with E-state index in [1.165, 1.54) is 30.8 Å². The highest BCUT2D eigenvalue weighted by molar-refractivity contribution is 8.07. The van der Waals surface area contributed by atoms with E-state index in [0.29, 0.717) is 11.3 Å². The lowest BCUT2D eigenvalue weighted by Crippen LogP contribution is -2.48. The highest BCUT2D eigenvalue weighted by Gasteiger charge is 2.30. The molecule has 4 unspecified atom stereocenters. The first-order valence-corrected chi connectivity index (χ1v) is 8.48. The SMILES string of the molecule is CCCC(C)CC(NN)C1SCCSC1C. The summed E-state index contributed by atoms with van der Waals surface area (Å²) in [7, 11) is 0. The third-order valence-corrected chi connectivity index (χ3v) is 6.54. The van der Waals surface area contributed by atoms with Gasteiger partial charge in [0.25, 0.3) is 0 Å². The molecular weight excluding hydrogens is 236 g/mol. The maximum Gasteiger partial charge on any atom is 0.0342 e. The quantitative estimate of drug-likeness (QED) is 0.570. The summed E-state index contributed by atoms with van der Waals surface area (Å²) in [6.07, 6.45) is 3.81. The number of nitrogens with two attached hydrogens (primary N) is 1. The molecular formula is C12H26N2S2. The molecule has 0 aromatic carbocycles. The largest absolute Gasteiger partial charge is 0.271 e. The van der Waals surface area contributed by atoms with Gasteiger partial charge in [0.05, 0.1) is 0 Å². The lowest BCUT2D eigenvalue weighted by molar-refractivity contribution is 0.377. The fourth-order valence-electron chi connectivity index (χ4n) is 2.43. The van der Waals surface area contributed by atoms with E-state index in [2.05, 4.69) is 49.7 Å². The molecule has 1 rings (SSSR count). The smallest absolute Gasteiger partial charge is 0.0342 e. The van der Waals surface area contributed by atoms with E-state index < -0.39 is 0 Å². The van der Waals surface area contributed by atoms with Gasteiger partial charge in [-0.05, 0) is 12.3 Å². The molecule has 0 aromatic rings. The van der Waals surface area contributed by atoms with Crippen LogP contribution in [0.4, 0.5) is 0 Å². The first kappa shape index (κ1) is 14.7.